The summed E-state index contributed by atoms with van der Waals surface area (Å²) in [6.07, 6.45) is 0. The summed E-state index contributed by atoms with van der Waals surface area (Å²) >= 11 is 5.92. The first-order valence-electron chi connectivity index (χ1n) is 8.37. The molecular weight excluding hydrogens is 350 g/mol. The van der Waals surface area contributed by atoms with Crippen molar-refractivity contribution in [3.63, 3.8) is 0 Å². The van der Waals surface area contributed by atoms with E-state index >= 15 is 0 Å². The van der Waals surface area contributed by atoms with E-state index < -0.39 is 0 Å². The summed E-state index contributed by atoms with van der Waals surface area (Å²) in [5.74, 6) is 2.02. The molecule has 0 unspecified atom stereocenters. The molecule has 26 heavy (non-hydrogen) atoms. The molecule has 0 saturated carbocycles. The predicted octanol–water partition coefficient (Wildman–Crippen LogP) is 5.33. The van der Waals surface area contributed by atoms with E-state index in [-0.39, 0.29) is 6.04 Å². The van der Waals surface area contributed by atoms with Gasteiger partial charge in [-0.2, -0.15) is 4.98 Å². The van der Waals surface area contributed by atoms with E-state index in [0.29, 0.717) is 23.3 Å². The van der Waals surface area contributed by atoms with Gasteiger partial charge in [-0.3, -0.25) is 4.90 Å². The number of benzene rings is 2. The topological polar surface area (TPSA) is 55.3 Å². The van der Waals surface area contributed by atoms with Crippen LogP contribution in [-0.2, 0) is 6.54 Å². The molecule has 2 aromatic heterocycles. The van der Waals surface area contributed by atoms with Crippen LogP contribution in [0.15, 0.2) is 63.5 Å². The highest BCUT2D eigenvalue weighted by molar-refractivity contribution is 6.30. The Hall–Kier alpha value is -2.63. The monoisotopic (exact) mass is 367 g/mol. The van der Waals surface area contributed by atoms with Gasteiger partial charge in [0, 0.05) is 16.0 Å². The molecule has 0 bridgehead atoms. The van der Waals surface area contributed by atoms with Gasteiger partial charge in [0.15, 0.2) is 0 Å². The molecule has 4 aromatic rings. The van der Waals surface area contributed by atoms with Gasteiger partial charge in [-0.1, -0.05) is 35.0 Å². The fraction of sp³-hybridized carbons (Fsp3) is 0.200. The first-order chi connectivity index (χ1) is 12.6. The highest BCUT2D eigenvalue weighted by Gasteiger charge is 2.19. The van der Waals surface area contributed by atoms with Gasteiger partial charge in [-0.05, 0) is 50.4 Å². The fourth-order valence-corrected chi connectivity index (χ4v) is 2.94. The molecule has 0 aliphatic heterocycles. The number of nitrogens with zero attached hydrogens (tertiary/aromatic N) is 3. The predicted molar refractivity (Wildman–Crippen MR) is 101 cm³/mol. The summed E-state index contributed by atoms with van der Waals surface area (Å²) < 4.78 is 11.4. The van der Waals surface area contributed by atoms with Gasteiger partial charge in [0.1, 0.15) is 11.3 Å². The molecule has 0 amide bonds. The Labute approximate surface area is 156 Å². The number of rotatable bonds is 5. The van der Waals surface area contributed by atoms with Gasteiger partial charge >= 0.3 is 0 Å². The fourth-order valence-electron chi connectivity index (χ4n) is 2.81. The van der Waals surface area contributed by atoms with Crippen LogP contribution >= 0.6 is 11.6 Å². The molecule has 0 N–H and O–H groups in total. The van der Waals surface area contributed by atoms with Gasteiger partial charge in [0.05, 0.1) is 12.6 Å². The number of halogens is 1. The lowest BCUT2D eigenvalue weighted by Gasteiger charge is -2.20. The summed E-state index contributed by atoms with van der Waals surface area (Å²) in [5.41, 5.74) is 1.77. The van der Waals surface area contributed by atoms with E-state index in [1.54, 1.807) is 0 Å². The zero-order valence-electron chi connectivity index (χ0n) is 14.5. The van der Waals surface area contributed by atoms with Crippen molar-refractivity contribution in [3.8, 4) is 11.4 Å². The Morgan fingerprint density at radius 3 is 2.65 bits per heavy atom. The summed E-state index contributed by atoms with van der Waals surface area (Å²) in [6, 6.07) is 17.5. The zero-order chi connectivity index (χ0) is 18.1. The van der Waals surface area contributed by atoms with Crippen molar-refractivity contribution in [1.82, 2.24) is 15.0 Å². The van der Waals surface area contributed by atoms with E-state index in [0.717, 1.165) is 22.3 Å². The third-order valence-corrected chi connectivity index (χ3v) is 4.72. The number of aromatic nitrogens is 2. The van der Waals surface area contributed by atoms with Crippen LogP contribution in [0.2, 0.25) is 5.02 Å². The molecule has 6 heteroatoms. The molecule has 0 aliphatic rings. The van der Waals surface area contributed by atoms with Crippen molar-refractivity contribution in [2.24, 2.45) is 0 Å². The third-order valence-electron chi connectivity index (χ3n) is 4.47. The summed E-state index contributed by atoms with van der Waals surface area (Å²) in [7, 11) is 2.00. The molecular formula is C20H18ClN3O2. The van der Waals surface area contributed by atoms with Gasteiger partial charge in [0.2, 0.25) is 11.7 Å². The van der Waals surface area contributed by atoms with Gasteiger partial charge in [-0.25, -0.2) is 0 Å². The molecule has 0 spiro atoms. The first kappa shape index (κ1) is 16.8. The van der Waals surface area contributed by atoms with Crippen LogP contribution < -0.4 is 0 Å². The van der Waals surface area contributed by atoms with Crippen LogP contribution in [0.4, 0.5) is 0 Å². The van der Waals surface area contributed by atoms with Crippen LogP contribution in [0.1, 0.15) is 24.6 Å². The number of furan rings is 1. The quantitative estimate of drug-likeness (QED) is 0.477. The van der Waals surface area contributed by atoms with Crippen LogP contribution in [0.25, 0.3) is 22.4 Å². The normalized spacial score (nSPS) is 12.8. The SMILES string of the molecule is C[C@@H](c1cc2ccccc2o1)N(C)Cc1nc(-c2ccc(Cl)cc2)no1. The maximum absolute atomic E-state index is 5.95. The largest absolute Gasteiger partial charge is 0.459 e. The number of para-hydroxylation sites is 1. The highest BCUT2D eigenvalue weighted by Crippen LogP contribution is 2.27. The molecule has 2 aromatic carbocycles. The maximum atomic E-state index is 5.95. The summed E-state index contributed by atoms with van der Waals surface area (Å²) in [6.45, 7) is 2.62. The van der Waals surface area contributed by atoms with Gasteiger partial charge in [0.25, 0.3) is 0 Å². The Morgan fingerprint density at radius 1 is 1.12 bits per heavy atom. The molecule has 0 aliphatic carbocycles. The van der Waals surface area contributed by atoms with E-state index in [9.17, 15) is 0 Å². The second-order valence-corrected chi connectivity index (χ2v) is 6.73. The second-order valence-electron chi connectivity index (χ2n) is 6.30. The minimum Gasteiger partial charge on any atom is -0.459 e. The van der Waals surface area contributed by atoms with Gasteiger partial charge < -0.3 is 8.94 Å². The van der Waals surface area contributed by atoms with Crippen molar-refractivity contribution in [2.45, 2.75) is 19.5 Å². The average molecular weight is 368 g/mol. The number of hydrogen-bond donors (Lipinski definition) is 0. The first-order valence-corrected chi connectivity index (χ1v) is 8.75. The van der Waals surface area contributed by atoms with E-state index in [2.05, 4.69) is 28.0 Å². The molecule has 4 rings (SSSR count). The standard InChI is InChI=1S/C20H18ClN3O2/c1-13(18-11-15-5-3-4-6-17(15)25-18)24(2)12-19-22-20(23-26-19)14-7-9-16(21)10-8-14/h3-11,13H,12H2,1-2H3/t13-/m0/s1. The van der Waals surface area contributed by atoms with Crippen molar-refractivity contribution >= 4 is 22.6 Å². The number of hydrogen-bond acceptors (Lipinski definition) is 5. The smallest absolute Gasteiger partial charge is 0.241 e. The second kappa shape index (κ2) is 6.94. The maximum Gasteiger partial charge on any atom is 0.241 e. The van der Waals surface area contributed by atoms with Crippen LogP contribution in [0.5, 0.6) is 0 Å². The van der Waals surface area contributed by atoms with Crippen LogP contribution in [0, 0.1) is 0 Å². The summed E-state index contributed by atoms with van der Waals surface area (Å²) in [5, 5.41) is 5.84. The van der Waals surface area contributed by atoms with Crippen molar-refractivity contribution in [1.29, 1.82) is 0 Å². The van der Waals surface area contributed by atoms with Crippen molar-refractivity contribution in [2.75, 3.05) is 7.05 Å². The molecule has 0 radical (unpaired) electrons. The minimum atomic E-state index is 0.0771. The minimum absolute atomic E-state index is 0.0771. The highest BCUT2D eigenvalue weighted by atomic mass is 35.5. The third kappa shape index (κ3) is 3.36. The molecule has 1 atom stereocenters. The summed E-state index contributed by atoms with van der Waals surface area (Å²) in [4.78, 5) is 6.58. The van der Waals surface area contributed by atoms with Crippen molar-refractivity contribution < 1.29 is 8.94 Å². The Kier molecular flexibility index (Phi) is 4.49. The lowest BCUT2D eigenvalue weighted by Crippen LogP contribution is -2.21. The van der Waals surface area contributed by atoms with E-state index in [1.165, 1.54) is 0 Å². The Balaban J connectivity index is 1.49. The lowest BCUT2D eigenvalue weighted by molar-refractivity contribution is 0.198. The number of fused-ring (bicyclic) bond motifs is 1. The molecule has 0 fully saturated rings. The zero-order valence-corrected chi connectivity index (χ0v) is 15.3. The van der Waals surface area contributed by atoms with E-state index in [4.69, 9.17) is 20.5 Å². The van der Waals surface area contributed by atoms with E-state index in [1.807, 2.05) is 55.6 Å². The molecule has 132 valence electrons. The van der Waals surface area contributed by atoms with Crippen LogP contribution in [0.3, 0.4) is 0 Å². The molecule has 0 saturated heterocycles. The van der Waals surface area contributed by atoms with Crippen molar-refractivity contribution in [3.05, 3.63) is 71.3 Å². The average Bonchev–Trinajstić information content (AvgIpc) is 3.28. The molecule has 5 nitrogen and oxygen atoms in total. The lowest BCUT2D eigenvalue weighted by atomic mass is 10.2. The Morgan fingerprint density at radius 2 is 1.88 bits per heavy atom. The van der Waals surface area contributed by atoms with Crippen LogP contribution in [-0.4, -0.2) is 22.1 Å². The van der Waals surface area contributed by atoms with Gasteiger partial charge in [-0.15, -0.1) is 0 Å². The Bertz CT molecular complexity index is 990. The molecule has 2 heterocycles.